The zero-order chi connectivity index (χ0) is 18.7. The summed E-state index contributed by atoms with van der Waals surface area (Å²) in [5, 5.41) is 0. The molecular formula is C19H27FN2O3. The van der Waals surface area contributed by atoms with Gasteiger partial charge in [0.05, 0.1) is 13.0 Å². The summed E-state index contributed by atoms with van der Waals surface area (Å²) in [6, 6.07) is 5.90. The van der Waals surface area contributed by atoms with Crippen LogP contribution in [0.5, 0.6) is 0 Å². The van der Waals surface area contributed by atoms with Crippen molar-refractivity contribution in [2.75, 3.05) is 40.3 Å². The Labute approximate surface area is 149 Å². The maximum Gasteiger partial charge on any atom is 0.307 e. The van der Waals surface area contributed by atoms with E-state index in [9.17, 15) is 14.0 Å². The Morgan fingerprint density at radius 2 is 1.80 bits per heavy atom. The molecule has 0 spiro atoms. The maximum atomic E-state index is 12.9. The minimum atomic E-state index is -0.316. The van der Waals surface area contributed by atoms with Gasteiger partial charge < -0.3 is 14.5 Å². The van der Waals surface area contributed by atoms with E-state index < -0.39 is 0 Å². The second-order valence-corrected chi connectivity index (χ2v) is 5.92. The van der Waals surface area contributed by atoms with Gasteiger partial charge in [-0.3, -0.25) is 9.59 Å². The Bertz CT molecular complexity index is 571. The van der Waals surface area contributed by atoms with Crippen molar-refractivity contribution in [3.05, 3.63) is 41.7 Å². The van der Waals surface area contributed by atoms with Crippen LogP contribution >= 0.6 is 0 Å². The summed E-state index contributed by atoms with van der Waals surface area (Å²) in [5.41, 5.74) is 0.744. The van der Waals surface area contributed by atoms with Crippen LogP contribution in [0.25, 0.3) is 6.08 Å². The van der Waals surface area contributed by atoms with Gasteiger partial charge in [-0.25, -0.2) is 4.39 Å². The third kappa shape index (κ3) is 9.00. The van der Waals surface area contributed by atoms with Gasteiger partial charge in [0.25, 0.3) is 0 Å². The third-order valence-corrected chi connectivity index (χ3v) is 3.52. The highest BCUT2D eigenvalue weighted by atomic mass is 19.1. The molecule has 6 heteroatoms. The number of amides is 1. The van der Waals surface area contributed by atoms with Crippen molar-refractivity contribution in [1.29, 1.82) is 0 Å². The predicted molar refractivity (Wildman–Crippen MR) is 96.4 cm³/mol. The van der Waals surface area contributed by atoms with E-state index in [0.717, 1.165) is 18.5 Å². The summed E-state index contributed by atoms with van der Waals surface area (Å²) in [5.74, 6) is -0.800. The lowest BCUT2D eigenvalue weighted by atomic mass is 10.2. The van der Waals surface area contributed by atoms with Crippen LogP contribution in [-0.2, 0) is 14.3 Å². The molecule has 0 aliphatic heterocycles. The first-order valence-electron chi connectivity index (χ1n) is 8.45. The van der Waals surface area contributed by atoms with Crippen LogP contribution in [0.4, 0.5) is 4.39 Å². The Morgan fingerprint density at radius 1 is 1.12 bits per heavy atom. The Morgan fingerprint density at radius 3 is 2.40 bits per heavy atom. The quantitative estimate of drug-likeness (QED) is 0.481. The molecule has 1 amide bonds. The van der Waals surface area contributed by atoms with E-state index in [1.54, 1.807) is 30.0 Å². The first-order valence-corrected chi connectivity index (χ1v) is 8.45. The number of benzene rings is 1. The van der Waals surface area contributed by atoms with Gasteiger partial charge in [-0.05, 0) is 57.8 Å². The Balaban J connectivity index is 2.65. The van der Waals surface area contributed by atoms with E-state index in [1.165, 1.54) is 18.2 Å². The van der Waals surface area contributed by atoms with E-state index >= 15 is 0 Å². The number of ether oxygens (including phenoxy) is 1. The molecule has 0 unspecified atom stereocenters. The molecule has 5 nitrogen and oxygen atoms in total. The van der Waals surface area contributed by atoms with Gasteiger partial charge in [-0.15, -0.1) is 0 Å². The smallest absolute Gasteiger partial charge is 0.307 e. The fourth-order valence-corrected chi connectivity index (χ4v) is 2.22. The molecule has 0 atom stereocenters. The molecule has 1 aromatic carbocycles. The first-order chi connectivity index (χ1) is 11.9. The van der Waals surface area contributed by atoms with Gasteiger partial charge in [0, 0.05) is 19.2 Å². The largest absolute Gasteiger partial charge is 0.466 e. The molecule has 0 aliphatic rings. The molecule has 0 aliphatic carbocycles. The van der Waals surface area contributed by atoms with E-state index in [2.05, 4.69) is 0 Å². The number of halogens is 1. The van der Waals surface area contributed by atoms with Gasteiger partial charge in [0.15, 0.2) is 0 Å². The lowest BCUT2D eigenvalue weighted by Crippen LogP contribution is -2.34. The lowest BCUT2D eigenvalue weighted by Gasteiger charge is -2.22. The maximum absolute atomic E-state index is 12.9. The van der Waals surface area contributed by atoms with Gasteiger partial charge in [-0.2, -0.15) is 0 Å². The summed E-state index contributed by atoms with van der Waals surface area (Å²) in [7, 11) is 3.94. The molecule has 0 heterocycles. The number of hydrogen-bond acceptors (Lipinski definition) is 4. The number of esters is 1. The molecular weight excluding hydrogens is 323 g/mol. The van der Waals surface area contributed by atoms with E-state index in [4.69, 9.17) is 4.74 Å². The number of carbonyl (C=O) groups is 2. The summed E-state index contributed by atoms with van der Waals surface area (Å²) < 4.78 is 17.8. The summed E-state index contributed by atoms with van der Waals surface area (Å²) in [6.07, 6.45) is 4.08. The van der Waals surface area contributed by atoms with E-state index in [-0.39, 0.29) is 24.1 Å². The number of rotatable bonds is 10. The standard InChI is InChI=1S/C19H27FN2O3/c1-4-25-19(24)12-15-22(14-5-13-21(2)3)18(23)11-8-16-6-9-17(20)10-7-16/h6-11H,4-5,12-15H2,1-3H3/b11-8+. The molecule has 0 saturated carbocycles. The Hall–Kier alpha value is -2.21. The molecule has 138 valence electrons. The number of carbonyl (C=O) groups excluding carboxylic acids is 2. The van der Waals surface area contributed by atoms with Crippen molar-refractivity contribution in [3.63, 3.8) is 0 Å². The monoisotopic (exact) mass is 350 g/mol. The average Bonchev–Trinajstić information content (AvgIpc) is 2.57. The van der Waals surface area contributed by atoms with Crippen LogP contribution in [0.15, 0.2) is 30.3 Å². The predicted octanol–water partition coefficient (Wildman–Crippen LogP) is 2.57. The van der Waals surface area contributed by atoms with Crippen LogP contribution in [0, 0.1) is 5.82 Å². The topological polar surface area (TPSA) is 49.9 Å². The van der Waals surface area contributed by atoms with Gasteiger partial charge >= 0.3 is 5.97 Å². The lowest BCUT2D eigenvalue weighted by molar-refractivity contribution is -0.143. The van der Waals surface area contributed by atoms with Crippen molar-refractivity contribution >= 4 is 18.0 Å². The zero-order valence-corrected chi connectivity index (χ0v) is 15.2. The normalized spacial score (nSPS) is 11.1. The Kier molecular flexibility index (Phi) is 9.47. The first kappa shape index (κ1) is 20.8. The average molecular weight is 350 g/mol. The number of nitrogens with zero attached hydrogens (tertiary/aromatic N) is 2. The van der Waals surface area contributed by atoms with Crippen LogP contribution in [0.3, 0.4) is 0 Å². The fraction of sp³-hybridized carbons (Fsp3) is 0.474. The molecule has 25 heavy (non-hydrogen) atoms. The second kappa shape index (κ2) is 11.4. The third-order valence-electron chi connectivity index (χ3n) is 3.52. The van der Waals surface area contributed by atoms with Gasteiger partial charge in [0.1, 0.15) is 5.82 Å². The van der Waals surface area contributed by atoms with Gasteiger partial charge in [-0.1, -0.05) is 12.1 Å². The molecule has 1 rings (SSSR count). The van der Waals surface area contributed by atoms with Gasteiger partial charge in [0.2, 0.25) is 5.91 Å². The van der Waals surface area contributed by atoms with E-state index in [1.807, 2.05) is 19.0 Å². The fourth-order valence-electron chi connectivity index (χ4n) is 2.22. The highest BCUT2D eigenvalue weighted by Gasteiger charge is 2.13. The molecule has 0 aromatic heterocycles. The second-order valence-electron chi connectivity index (χ2n) is 5.92. The molecule has 0 bridgehead atoms. The molecule has 0 fully saturated rings. The zero-order valence-electron chi connectivity index (χ0n) is 15.2. The summed E-state index contributed by atoms with van der Waals surface area (Å²) in [4.78, 5) is 27.7. The molecule has 0 N–H and O–H groups in total. The minimum Gasteiger partial charge on any atom is -0.466 e. The highest BCUT2D eigenvalue weighted by molar-refractivity contribution is 5.92. The molecule has 0 saturated heterocycles. The molecule has 1 aromatic rings. The van der Waals surface area contributed by atoms with Crippen molar-refractivity contribution in [1.82, 2.24) is 9.80 Å². The van der Waals surface area contributed by atoms with Crippen molar-refractivity contribution in [2.45, 2.75) is 19.8 Å². The van der Waals surface area contributed by atoms with E-state index in [0.29, 0.717) is 19.7 Å². The summed E-state index contributed by atoms with van der Waals surface area (Å²) in [6.45, 7) is 3.81. The SMILES string of the molecule is CCOC(=O)CCN(CCCN(C)C)C(=O)/C=C/c1ccc(F)cc1. The van der Waals surface area contributed by atoms with Crippen LogP contribution in [0.2, 0.25) is 0 Å². The van der Waals surface area contributed by atoms with Crippen molar-refractivity contribution < 1.29 is 18.7 Å². The van der Waals surface area contributed by atoms with Crippen LogP contribution in [-0.4, -0.2) is 62.0 Å². The van der Waals surface area contributed by atoms with Crippen LogP contribution < -0.4 is 0 Å². The highest BCUT2D eigenvalue weighted by Crippen LogP contribution is 2.06. The minimum absolute atomic E-state index is 0.173. The van der Waals surface area contributed by atoms with Crippen molar-refractivity contribution in [3.8, 4) is 0 Å². The van der Waals surface area contributed by atoms with Crippen LogP contribution in [0.1, 0.15) is 25.3 Å². The van der Waals surface area contributed by atoms with Crippen molar-refractivity contribution in [2.24, 2.45) is 0 Å². The number of hydrogen-bond donors (Lipinski definition) is 0. The summed E-state index contributed by atoms with van der Waals surface area (Å²) >= 11 is 0. The molecule has 0 radical (unpaired) electrons.